The zero-order valence-corrected chi connectivity index (χ0v) is 19.7. The molecule has 3 nitrogen and oxygen atoms in total. The van der Waals surface area contributed by atoms with E-state index in [1.54, 1.807) is 12.1 Å². The maximum absolute atomic E-state index is 13.0. The van der Waals surface area contributed by atoms with E-state index in [1.807, 2.05) is 0 Å². The fraction of sp³-hybridized carbons (Fsp3) is 0.464. The molecule has 0 bridgehead atoms. The standard InChI is InChI=1S/C28H32F3N3/c1-2-3-14-34-15-12-22(13-16-34)27-25-18-19(4-11-26(25)32-33-27)17-24(20-5-6-20)21-7-9-23(10-8-21)28(29,30)31/h4,7-11,17-18,20,22H,2-3,5-6,12-16H2,1H3,(H,32,33)/b24-17+. The molecule has 1 saturated carbocycles. The molecule has 2 heterocycles. The number of benzene rings is 2. The molecule has 34 heavy (non-hydrogen) atoms. The molecule has 0 amide bonds. The molecule has 2 aromatic carbocycles. The maximum atomic E-state index is 13.0. The molecule has 0 radical (unpaired) electrons. The minimum Gasteiger partial charge on any atom is -0.303 e. The first-order valence-corrected chi connectivity index (χ1v) is 12.5. The molecular weight excluding hydrogens is 435 g/mol. The molecule has 0 atom stereocenters. The number of hydrogen-bond donors (Lipinski definition) is 1. The first-order chi connectivity index (χ1) is 16.4. The van der Waals surface area contributed by atoms with Crippen LogP contribution in [0.3, 0.4) is 0 Å². The predicted octanol–water partition coefficient (Wildman–Crippen LogP) is 7.51. The third kappa shape index (κ3) is 5.07. The molecule has 2 aliphatic rings. The molecule has 3 aromatic rings. The van der Waals surface area contributed by atoms with Gasteiger partial charge in [0.1, 0.15) is 0 Å². The number of nitrogens with zero attached hydrogens (tertiary/aromatic N) is 2. The maximum Gasteiger partial charge on any atom is 0.416 e. The van der Waals surface area contributed by atoms with Crippen LogP contribution in [0, 0.1) is 5.92 Å². The van der Waals surface area contributed by atoms with E-state index in [1.165, 1.54) is 36.9 Å². The Balaban J connectivity index is 1.39. The van der Waals surface area contributed by atoms with Crippen LogP contribution in [0.2, 0.25) is 0 Å². The number of unbranched alkanes of at least 4 members (excludes halogenated alkanes) is 1. The van der Waals surface area contributed by atoms with Gasteiger partial charge in [-0.1, -0.05) is 37.6 Å². The number of allylic oxidation sites excluding steroid dienone is 1. The number of fused-ring (bicyclic) bond motifs is 1. The van der Waals surface area contributed by atoms with Crippen molar-refractivity contribution in [3.63, 3.8) is 0 Å². The van der Waals surface area contributed by atoms with Gasteiger partial charge in [0.05, 0.1) is 16.8 Å². The third-order valence-corrected chi connectivity index (χ3v) is 7.30. The number of nitrogens with one attached hydrogen (secondary N) is 1. The van der Waals surface area contributed by atoms with Crippen LogP contribution in [-0.4, -0.2) is 34.7 Å². The van der Waals surface area contributed by atoms with Crippen LogP contribution in [0.15, 0.2) is 42.5 Å². The number of likely N-dealkylation sites (tertiary alicyclic amines) is 1. The van der Waals surface area contributed by atoms with Gasteiger partial charge in [-0.2, -0.15) is 18.3 Å². The summed E-state index contributed by atoms with van der Waals surface area (Å²) in [4.78, 5) is 2.56. The van der Waals surface area contributed by atoms with E-state index in [2.05, 4.69) is 41.2 Å². The first-order valence-electron chi connectivity index (χ1n) is 12.5. The summed E-state index contributed by atoms with van der Waals surface area (Å²) in [5.41, 5.74) is 4.68. The quantitative estimate of drug-likeness (QED) is 0.365. The van der Waals surface area contributed by atoms with Gasteiger partial charge in [-0.25, -0.2) is 0 Å². The van der Waals surface area contributed by atoms with Crippen LogP contribution in [0.4, 0.5) is 13.2 Å². The fourth-order valence-electron chi connectivity index (χ4n) is 5.13. The predicted molar refractivity (Wildman–Crippen MR) is 131 cm³/mol. The van der Waals surface area contributed by atoms with E-state index in [-0.39, 0.29) is 0 Å². The molecule has 5 rings (SSSR count). The summed E-state index contributed by atoms with van der Waals surface area (Å²) in [6.45, 7) is 5.67. The van der Waals surface area contributed by atoms with Crippen LogP contribution < -0.4 is 0 Å². The van der Waals surface area contributed by atoms with Crippen molar-refractivity contribution in [3.05, 3.63) is 64.8 Å². The summed E-state index contributed by atoms with van der Waals surface area (Å²) in [5.74, 6) is 0.882. The second-order valence-electron chi connectivity index (χ2n) is 9.83. The Hall–Kier alpha value is -2.60. The molecule has 1 saturated heterocycles. The highest BCUT2D eigenvalue weighted by Gasteiger charge is 2.31. The molecule has 2 fully saturated rings. The minimum atomic E-state index is -4.31. The number of halogens is 3. The van der Waals surface area contributed by atoms with Crippen LogP contribution >= 0.6 is 0 Å². The largest absolute Gasteiger partial charge is 0.416 e. The van der Waals surface area contributed by atoms with Gasteiger partial charge in [-0.3, -0.25) is 5.10 Å². The van der Waals surface area contributed by atoms with Gasteiger partial charge in [0.25, 0.3) is 0 Å². The lowest BCUT2D eigenvalue weighted by Crippen LogP contribution is -2.33. The molecule has 6 heteroatoms. The van der Waals surface area contributed by atoms with Crippen molar-refractivity contribution in [1.29, 1.82) is 0 Å². The van der Waals surface area contributed by atoms with Gasteiger partial charge in [-0.05, 0) is 98.6 Å². The molecule has 0 unspecified atom stereocenters. The normalized spacial score (nSPS) is 18.6. The highest BCUT2D eigenvalue weighted by molar-refractivity contribution is 5.89. The van der Waals surface area contributed by atoms with Crippen molar-refractivity contribution in [2.24, 2.45) is 5.92 Å². The van der Waals surface area contributed by atoms with Crippen molar-refractivity contribution in [2.75, 3.05) is 19.6 Å². The molecule has 0 spiro atoms. The number of alkyl halides is 3. The zero-order valence-electron chi connectivity index (χ0n) is 19.7. The van der Waals surface area contributed by atoms with E-state index in [9.17, 15) is 13.2 Å². The van der Waals surface area contributed by atoms with Crippen LogP contribution in [0.5, 0.6) is 0 Å². The summed E-state index contributed by atoms with van der Waals surface area (Å²) in [7, 11) is 0. The Bertz CT molecular complexity index is 1150. The van der Waals surface area contributed by atoms with E-state index >= 15 is 0 Å². The third-order valence-electron chi connectivity index (χ3n) is 7.30. The summed E-state index contributed by atoms with van der Waals surface area (Å²) in [6, 6.07) is 12.0. The average Bonchev–Trinajstić information content (AvgIpc) is 3.60. The van der Waals surface area contributed by atoms with Crippen LogP contribution in [-0.2, 0) is 6.18 Å². The number of rotatable bonds is 7. The summed E-state index contributed by atoms with van der Waals surface area (Å²) < 4.78 is 39.0. The summed E-state index contributed by atoms with van der Waals surface area (Å²) in [5, 5.41) is 9.07. The lowest BCUT2D eigenvalue weighted by molar-refractivity contribution is -0.137. The van der Waals surface area contributed by atoms with Crippen LogP contribution in [0.25, 0.3) is 22.6 Å². The van der Waals surface area contributed by atoms with E-state index in [0.29, 0.717) is 11.8 Å². The second kappa shape index (κ2) is 9.57. The zero-order chi connectivity index (χ0) is 23.7. The number of aromatic amines is 1. The second-order valence-corrected chi connectivity index (χ2v) is 9.83. The summed E-state index contributed by atoms with van der Waals surface area (Å²) in [6.07, 6.45) is 4.76. The Morgan fingerprint density at radius 3 is 2.44 bits per heavy atom. The van der Waals surface area contributed by atoms with Gasteiger partial charge in [0.2, 0.25) is 0 Å². The van der Waals surface area contributed by atoms with Gasteiger partial charge >= 0.3 is 6.18 Å². The minimum absolute atomic E-state index is 0.420. The van der Waals surface area contributed by atoms with Gasteiger partial charge in [-0.15, -0.1) is 0 Å². The number of H-pyrrole nitrogens is 1. The van der Waals surface area contributed by atoms with Crippen molar-refractivity contribution in [1.82, 2.24) is 15.1 Å². The number of aromatic nitrogens is 2. The Labute approximate surface area is 199 Å². The van der Waals surface area contributed by atoms with Crippen molar-refractivity contribution < 1.29 is 13.2 Å². The number of hydrogen-bond acceptors (Lipinski definition) is 2. The monoisotopic (exact) mass is 467 g/mol. The molecule has 1 N–H and O–H groups in total. The topological polar surface area (TPSA) is 31.9 Å². The molecular formula is C28H32F3N3. The van der Waals surface area contributed by atoms with Crippen LogP contribution in [0.1, 0.15) is 73.8 Å². The average molecular weight is 468 g/mol. The van der Waals surface area contributed by atoms with Gasteiger partial charge in [0, 0.05) is 11.3 Å². The Morgan fingerprint density at radius 1 is 1.06 bits per heavy atom. The first kappa shape index (κ1) is 23.2. The highest BCUT2D eigenvalue weighted by Crippen LogP contribution is 2.44. The Morgan fingerprint density at radius 2 is 1.79 bits per heavy atom. The lowest BCUT2D eigenvalue weighted by Gasteiger charge is -2.31. The highest BCUT2D eigenvalue weighted by atomic mass is 19.4. The Kier molecular flexibility index (Phi) is 6.52. The smallest absolute Gasteiger partial charge is 0.303 e. The van der Waals surface area contributed by atoms with Crippen molar-refractivity contribution >= 4 is 22.6 Å². The van der Waals surface area contributed by atoms with E-state index in [4.69, 9.17) is 5.10 Å². The van der Waals surface area contributed by atoms with E-state index < -0.39 is 11.7 Å². The molecule has 1 aliphatic heterocycles. The number of piperidine rings is 1. The van der Waals surface area contributed by atoms with Crippen molar-refractivity contribution in [2.45, 2.75) is 57.5 Å². The van der Waals surface area contributed by atoms with E-state index in [0.717, 1.165) is 66.7 Å². The lowest BCUT2D eigenvalue weighted by atomic mass is 9.90. The summed E-state index contributed by atoms with van der Waals surface area (Å²) >= 11 is 0. The molecule has 180 valence electrons. The van der Waals surface area contributed by atoms with Crippen molar-refractivity contribution in [3.8, 4) is 0 Å². The van der Waals surface area contributed by atoms with Gasteiger partial charge in [0.15, 0.2) is 0 Å². The van der Waals surface area contributed by atoms with Gasteiger partial charge < -0.3 is 4.90 Å². The SMILES string of the molecule is CCCCN1CCC(c2n[nH]c3ccc(/C=C(/c4ccc(C(F)(F)F)cc4)C4CC4)cc23)CC1. The molecule has 1 aromatic heterocycles. The fourth-order valence-corrected chi connectivity index (χ4v) is 5.13. The molecule has 1 aliphatic carbocycles.